The Morgan fingerprint density at radius 1 is 0.926 bits per heavy atom. The maximum atomic E-state index is 13.4. The summed E-state index contributed by atoms with van der Waals surface area (Å²) < 4.78 is 59.5. The number of nitrogens with one attached hydrogen (secondary N) is 1. The van der Waals surface area contributed by atoms with Crippen LogP contribution in [0.1, 0.15) is 5.56 Å². The third-order valence-corrected chi connectivity index (χ3v) is 5.23. The van der Waals surface area contributed by atoms with E-state index < -0.39 is 26.6 Å². The van der Waals surface area contributed by atoms with E-state index in [9.17, 15) is 17.2 Å². The number of sulfonamides is 1. The van der Waals surface area contributed by atoms with Crippen molar-refractivity contribution in [2.75, 3.05) is 4.72 Å². The van der Waals surface area contributed by atoms with Crippen molar-refractivity contribution in [3.05, 3.63) is 82.9 Å². The molecule has 0 unspecified atom stereocenters. The van der Waals surface area contributed by atoms with E-state index >= 15 is 0 Å². The molecule has 0 saturated heterocycles. The van der Waals surface area contributed by atoms with Gasteiger partial charge in [0.25, 0.3) is 10.0 Å². The van der Waals surface area contributed by atoms with Crippen molar-refractivity contribution in [2.24, 2.45) is 0 Å². The second kappa shape index (κ2) is 7.54. The van der Waals surface area contributed by atoms with Gasteiger partial charge in [-0.1, -0.05) is 29.3 Å². The lowest BCUT2D eigenvalue weighted by Crippen LogP contribution is -2.14. The average Bonchev–Trinajstić information content (AvgIpc) is 2.61. The Balaban J connectivity index is 1.94. The smallest absolute Gasteiger partial charge is 0.262 e. The van der Waals surface area contributed by atoms with Gasteiger partial charge in [-0.15, -0.1) is 0 Å². The van der Waals surface area contributed by atoms with E-state index in [4.69, 9.17) is 16.3 Å². The molecule has 0 radical (unpaired) electrons. The minimum absolute atomic E-state index is 0.0628. The molecule has 0 aliphatic rings. The van der Waals surface area contributed by atoms with Crippen LogP contribution in [-0.4, -0.2) is 8.42 Å². The Morgan fingerprint density at radius 3 is 2.30 bits per heavy atom. The number of aryl methyl sites for hydroxylation is 1. The van der Waals surface area contributed by atoms with E-state index in [1.54, 1.807) is 18.2 Å². The molecule has 0 heterocycles. The third kappa shape index (κ3) is 4.56. The molecule has 0 aliphatic carbocycles. The van der Waals surface area contributed by atoms with Crippen LogP contribution >= 0.6 is 11.6 Å². The second-order valence-corrected chi connectivity index (χ2v) is 7.86. The number of hydrogen-bond donors (Lipinski definition) is 1. The largest absolute Gasteiger partial charge is 0.455 e. The van der Waals surface area contributed by atoms with E-state index in [-0.39, 0.29) is 16.5 Å². The molecular formula is C19H14ClF2NO3S. The zero-order valence-electron chi connectivity index (χ0n) is 14.0. The molecule has 140 valence electrons. The summed E-state index contributed by atoms with van der Waals surface area (Å²) in [6.07, 6.45) is 0. The van der Waals surface area contributed by atoms with Crippen molar-refractivity contribution >= 4 is 27.3 Å². The summed E-state index contributed by atoms with van der Waals surface area (Å²) in [5.41, 5.74) is 1.10. The van der Waals surface area contributed by atoms with Crippen LogP contribution in [-0.2, 0) is 10.0 Å². The Bertz CT molecular complexity index is 1090. The van der Waals surface area contributed by atoms with Gasteiger partial charge in [-0.2, -0.15) is 0 Å². The second-order valence-electron chi connectivity index (χ2n) is 5.74. The van der Waals surface area contributed by atoms with E-state index in [1.165, 1.54) is 12.1 Å². The molecule has 0 aliphatic heterocycles. The van der Waals surface area contributed by atoms with Gasteiger partial charge in [0, 0.05) is 5.02 Å². The fraction of sp³-hybridized carbons (Fsp3) is 0.0526. The molecule has 0 bridgehead atoms. The molecule has 0 spiro atoms. The first-order valence-electron chi connectivity index (χ1n) is 7.76. The van der Waals surface area contributed by atoms with E-state index in [0.717, 1.165) is 17.7 Å². The van der Waals surface area contributed by atoms with Crippen LogP contribution in [0.3, 0.4) is 0 Å². The topological polar surface area (TPSA) is 55.4 Å². The monoisotopic (exact) mass is 409 g/mol. The molecule has 27 heavy (non-hydrogen) atoms. The lowest BCUT2D eigenvalue weighted by molar-refractivity contribution is 0.484. The standard InChI is InChI=1S/C19H14ClF2NO3S/c1-12-2-5-14(6-3-12)26-19-9-4-13(20)10-18(19)23-27(24,25)15-7-8-16(21)17(22)11-15/h2-11,23H,1H3. The molecule has 0 saturated carbocycles. The van der Waals surface area contributed by atoms with Gasteiger partial charge in [0.2, 0.25) is 0 Å². The Kier molecular flexibility index (Phi) is 5.34. The molecule has 3 rings (SSSR count). The van der Waals surface area contributed by atoms with Gasteiger partial charge in [0.15, 0.2) is 17.4 Å². The van der Waals surface area contributed by atoms with Crippen molar-refractivity contribution in [1.82, 2.24) is 0 Å². The minimum Gasteiger partial charge on any atom is -0.455 e. The summed E-state index contributed by atoms with van der Waals surface area (Å²) in [6.45, 7) is 1.92. The average molecular weight is 410 g/mol. The molecule has 8 heteroatoms. The quantitative estimate of drug-likeness (QED) is 0.603. The van der Waals surface area contributed by atoms with Gasteiger partial charge < -0.3 is 4.74 Å². The summed E-state index contributed by atoms with van der Waals surface area (Å²) in [7, 11) is -4.19. The molecule has 0 atom stereocenters. The lowest BCUT2D eigenvalue weighted by Gasteiger charge is -2.14. The maximum absolute atomic E-state index is 13.4. The fourth-order valence-electron chi connectivity index (χ4n) is 2.25. The maximum Gasteiger partial charge on any atom is 0.262 e. The van der Waals surface area contributed by atoms with Crippen LogP contribution in [0.2, 0.25) is 5.02 Å². The predicted octanol–water partition coefficient (Wildman–Crippen LogP) is 5.52. The van der Waals surface area contributed by atoms with Gasteiger partial charge in [-0.3, -0.25) is 4.72 Å². The summed E-state index contributed by atoms with van der Waals surface area (Å²) in [6, 6.07) is 13.9. The number of ether oxygens (including phenoxy) is 1. The Hall–Kier alpha value is -2.64. The Labute approximate surface area is 160 Å². The van der Waals surface area contributed by atoms with E-state index in [2.05, 4.69) is 4.72 Å². The molecule has 3 aromatic rings. The van der Waals surface area contributed by atoms with Crippen molar-refractivity contribution in [3.63, 3.8) is 0 Å². The van der Waals surface area contributed by atoms with Crippen LogP contribution < -0.4 is 9.46 Å². The van der Waals surface area contributed by atoms with Crippen LogP contribution in [0.25, 0.3) is 0 Å². The molecule has 0 aromatic heterocycles. The number of hydrogen-bond acceptors (Lipinski definition) is 3. The molecule has 0 amide bonds. The van der Waals surface area contributed by atoms with Gasteiger partial charge in [0.1, 0.15) is 5.75 Å². The van der Waals surface area contributed by atoms with Crippen molar-refractivity contribution < 1.29 is 21.9 Å². The van der Waals surface area contributed by atoms with E-state index in [1.807, 2.05) is 19.1 Å². The van der Waals surface area contributed by atoms with Gasteiger partial charge in [-0.25, -0.2) is 17.2 Å². The molecule has 0 fully saturated rings. The highest BCUT2D eigenvalue weighted by Crippen LogP contribution is 2.33. The summed E-state index contributed by atoms with van der Waals surface area (Å²) in [4.78, 5) is -0.428. The van der Waals surface area contributed by atoms with Gasteiger partial charge in [0.05, 0.1) is 10.6 Å². The summed E-state index contributed by atoms with van der Waals surface area (Å²) >= 11 is 5.96. The van der Waals surface area contributed by atoms with Crippen LogP contribution in [0.4, 0.5) is 14.5 Å². The molecule has 3 aromatic carbocycles. The van der Waals surface area contributed by atoms with Gasteiger partial charge >= 0.3 is 0 Å². The number of benzene rings is 3. The molecule has 1 N–H and O–H groups in total. The molecule has 4 nitrogen and oxygen atoms in total. The first kappa shape index (κ1) is 19.1. The lowest BCUT2D eigenvalue weighted by atomic mass is 10.2. The van der Waals surface area contributed by atoms with Crippen molar-refractivity contribution in [1.29, 1.82) is 0 Å². The Morgan fingerprint density at radius 2 is 1.63 bits per heavy atom. The zero-order chi connectivity index (χ0) is 19.6. The van der Waals surface area contributed by atoms with Crippen molar-refractivity contribution in [2.45, 2.75) is 11.8 Å². The highest BCUT2D eigenvalue weighted by atomic mass is 35.5. The predicted molar refractivity (Wildman–Crippen MR) is 99.9 cm³/mol. The number of anilines is 1. The minimum atomic E-state index is -4.19. The first-order valence-corrected chi connectivity index (χ1v) is 9.63. The van der Waals surface area contributed by atoms with Crippen LogP contribution in [0.15, 0.2) is 65.6 Å². The normalized spacial score (nSPS) is 11.3. The summed E-state index contributed by atoms with van der Waals surface area (Å²) in [5.74, 6) is -1.70. The van der Waals surface area contributed by atoms with Crippen molar-refractivity contribution in [3.8, 4) is 11.5 Å². The number of rotatable bonds is 5. The zero-order valence-corrected chi connectivity index (χ0v) is 15.6. The highest BCUT2D eigenvalue weighted by molar-refractivity contribution is 7.92. The first-order chi connectivity index (χ1) is 12.7. The fourth-order valence-corrected chi connectivity index (χ4v) is 3.50. The SMILES string of the molecule is Cc1ccc(Oc2ccc(Cl)cc2NS(=O)(=O)c2ccc(F)c(F)c2)cc1. The highest BCUT2D eigenvalue weighted by Gasteiger charge is 2.19. The van der Waals surface area contributed by atoms with Gasteiger partial charge in [-0.05, 0) is 55.5 Å². The van der Waals surface area contributed by atoms with E-state index in [0.29, 0.717) is 11.8 Å². The molecular weight excluding hydrogens is 396 g/mol. The third-order valence-electron chi connectivity index (χ3n) is 3.64. The van der Waals surface area contributed by atoms with Crippen LogP contribution in [0, 0.1) is 18.6 Å². The summed E-state index contributed by atoms with van der Waals surface area (Å²) in [5, 5.41) is 0.272. The van der Waals surface area contributed by atoms with Crippen LogP contribution in [0.5, 0.6) is 11.5 Å². The number of halogens is 3.